The third kappa shape index (κ3) is 3.31. The number of hydrogen-bond acceptors (Lipinski definition) is 6. The number of aromatic nitrogens is 2. The summed E-state index contributed by atoms with van der Waals surface area (Å²) in [6.07, 6.45) is 1.45. The van der Waals surface area contributed by atoms with E-state index in [9.17, 15) is 4.79 Å². The van der Waals surface area contributed by atoms with Gasteiger partial charge in [-0.05, 0) is 37.6 Å². The van der Waals surface area contributed by atoms with E-state index in [1.165, 1.54) is 17.7 Å². The van der Waals surface area contributed by atoms with Crippen molar-refractivity contribution in [1.29, 1.82) is 0 Å². The normalized spacial score (nSPS) is 10.8. The number of fused-ring (bicyclic) bond motifs is 1. The maximum Gasteiger partial charge on any atom is 0.348 e. The van der Waals surface area contributed by atoms with Gasteiger partial charge in [0.15, 0.2) is 0 Å². The summed E-state index contributed by atoms with van der Waals surface area (Å²) in [4.78, 5) is 21.9. The number of hydrogen-bond donors (Lipinski definition) is 1. The van der Waals surface area contributed by atoms with E-state index in [1.54, 1.807) is 25.1 Å². The molecule has 3 rings (SSSR count). The molecule has 3 aromatic rings. The zero-order chi connectivity index (χ0) is 17.3. The second-order valence-electron chi connectivity index (χ2n) is 4.96. The number of nitrogens with one attached hydrogen (secondary N) is 1. The van der Waals surface area contributed by atoms with Crippen molar-refractivity contribution >= 4 is 62.2 Å². The van der Waals surface area contributed by atoms with Crippen LogP contribution in [0.1, 0.15) is 22.2 Å². The predicted octanol–water partition coefficient (Wildman–Crippen LogP) is 5.23. The summed E-state index contributed by atoms with van der Waals surface area (Å²) in [6, 6.07) is 5.14. The maximum absolute atomic E-state index is 12.1. The Kier molecular flexibility index (Phi) is 4.89. The summed E-state index contributed by atoms with van der Waals surface area (Å²) in [5, 5.41) is 5.00. The van der Waals surface area contributed by atoms with Crippen LogP contribution in [0.4, 0.5) is 11.5 Å². The molecular weight excluding hydrogens is 369 g/mol. The molecule has 0 aliphatic rings. The highest BCUT2D eigenvalue weighted by molar-refractivity contribution is 7.20. The lowest BCUT2D eigenvalue weighted by atomic mass is 10.2. The van der Waals surface area contributed by atoms with Crippen LogP contribution in [0.2, 0.25) is 10.0 Å². The highest BCUT2D eigenvalue weighted by Gasteiger charge is 2.20. The van der Waals surface area contributed by atoms with Crippen LogP contribution in [0.15, 0.2) is 24.5 Å². The number of benzene rings is 1. The zero-order valence-electron chi connectivity index (χ0n) is 12.9. The fourth-order valence-corrected chi connectivity index (χ4v) is 3.89. The number of esters is 1. The fourth-order valence-electron chi connectivity index (χ4n) is 2.32. The molecule has 8 heteroatoms. The number of carbonyl (C=O) groups excluding carboxylic acids is 1. The molecule has 0 unspecified atom stereocenters. The number of thiophene rings is 1. The van der Waals surface area contributed by atoms with E-state index >= 15 is 0 Å². The lowest BCUT2D eigenvalue weighted by Gasteiger charge is -2.08. The quantitative estimate of drug-likeness (QED) is 0.627. The Balaban J connectivity index is 2.07. The first kappa shape index (κ1) is 17.0. The topological polar surface area (TPSA) is 64.1 Å². The monoisotopic (exact) mass is 381 g/mol. The number of anilines is 2. The second kappa shape index (κ2) is 6.93. The molecule has 2 heterocycles. The molecule has 0 saturated carbocycles. The fraction of sp³-hybridized carbons (Fsp3) is 0.188. The molecule has 0 atom stereocenters. The summed E-state index contributed by atoms with van der Waals surface area (Å²) in [6.45, 7) is 3.95. The summed E-state index contributed by atoms with van der Waals surface area (Å²) in [5.74, 6) is 0.234. The molecule has 2 aromatic heterocycles. The van der Waals surface area contributed by atoms with E-state index in [0.29, 0.717) is 37.9 Å². The van der Waals surface area contributed by atoms with E-state index in [1.807, 2.05) is 6.92 Å². The van der Waals surface area contributed by atoms with E-state index in [2.05, 4.69) is 15.3 Å². The van der Waals surface area contributed by atoms with Crippen LogP contribution in [0.5, 0.6) is 0 Å². The number of nitrogens with zero attached hydrogens (tertiary/aromatic N) is 2. The third-order valence-electron chi connectivity index (χ3n) is 3.31. The maximum atomic E-state index is 12.1. The van der Waals surface area contributed by atoms with Gasteiger partial charge in [0.2, 0.25) is 0 Å². The van der Waals surface area contributed by atoms with Crippen LogP contribution in [0.3, 0.4) is 0 Å². The van der Waals surface area contributed by atoms with Crippen LogP contribution in [-0.4, -0.2) is 22.5 Å². The van der Waals surface area contributed by atoms with Crippen molar-refractivity contribution in [1.82, 2.24) is 9.97 Å². The third-order valence-corrected chi connectivity index (χ3v) is 4.93. The number of carbonyl (C=O) groups is 1. The van der Waals surface area contributed by atoms with E-state index in [-0.39, 0.29) is 5.97 Å². The van der Waals surface area contributed by atoms with Crippen molar-refractivity contribution < 1.29 is 9.53 Å². The molecule has 0 aliphatic heterocycles. The Bertz CT molecular complexity index is 907. The standard InChI is InChI=1S/C16H13Cl2N3O2S/c1-3-23-16(22)13-8(2)12-14(19-7-20-15(12)24-13)21-11-5-9(17)4-10(18)6-11/h4-7H,3H2,1-2H3,(H,19,20,21). The minimum absolute atomic E-state index is 0.324. The highest BCUT2D eigenvalue weighted by Crippen LogP contribution is 2.35. The van der Waals surface area contributed by atoms with Crippen LogP contribution in [0, 0.1) is 6.92 Å². The molecule has 0 radical (unpaired) electrons. The second-order valence-corrected chi connectivity index (χ2v) is 6.83. The molecule has 0 fully saturated rings. The summed E-state index contributed by atoms with van der Waals surface area (Å²) >= 11 is 13.3. The predicted molar refractivity (Wildman–Crippen MR) is 97.9 cm³/mol. The first-order valence-corrected chi connectivity index (χ1v) is 8.71. The molecule has 124 valence electrons. The molecule has 0 saturated heterocycles. The smallest absolute Gasteiger partial charge is 0.348 e. The number of aryl methyl sites for hydroxylation is 1. The van der Waals surface area contributed by atoms with Crippen LogP contribution >= 0.6 is 34.5 Å². The van der Waals surface area contributed by atoms with Crippen LogP contribution in [-0.2, 0) is 4.74 Å². The molecule has 0 bridgehead atoms. The van der Waals surface area contributed by atoms with Gasteiger partial charge >= 0.3 is 5.97 Å². The van der Waals surface area contributed by atoms with Crippen LogP contribution < -0.4 is 5.32 Å². The Morgan fingerprint density at radius 2 is 1.96 bits per heavy atom. The average Bonchev–Trinajstić information content (AvgIpc) is 2.85. The van der Waals surface area contributed by atoms with E-state index < -0.39 is 0 Å². The molecule has 1 aromatic carbocycles. The Morgan fingerprint density at radius 1 is 1.25 bits per heavy atom. The van der Waals surface area contributed by atoms with Gasteiger partial charge in [-0.3, -0.25) is 0 Å². The van der Waals surface area contributed by atoms with Gasteiger partial charge in [-0.25, -0.2) is 14.8 Å². The van der Waals surface area contributed by atoms with Crippen molar-refractivity contribution in [3.05, 3.63) is 45.0 Å². The van der Waals surface area contributed by atoms with Crippen molar-refractivity contribution in [2.75, 3.05) is 11.9 Å². The molecule has 24 heavy (non-hydrogen) atoms. The average molecular weight is 382 g/mol. The Hall–Kier alpha value is -1.89. The summed E-state index contributed by atoms with van der Waals surface area (Å²) < 4.78 is 5.10. The highest BCUT2D eigenvalue weighted by atomic mass is 35.5. The van der Waals surface area contributed by atoms with Crippen molar-refractivity contribution in [3.63, 3.8) is 0 Å². The van der Waals surface area contributed by atoms with Crippen molar-refractivity contribution in [2.24, 2.45) is 0 Å². The van der Waals surface area contributed by atoms with Gasteiger partial charge in [-0.1, -0.05) is 23.2 Å². The molecule has 0 spiro atoms. The molecule has 5 nitrogen and oxygen atoms in total. The first-order valence-electron chi connectivity index (χ1n) is 7.14. The SMILES string of the molecule is CCOC(=O)c1sc2ncnc(Nc3cc(Cl)cc(Cl)c3)c2c1C. The number of rotatable bonds is 4. The lowest BCUT2D eigenvalue weighted by molar-refractivity contribution is 0.0531. The summed E-state index contributed by atoms with van der Waals surface area (Å²) in [5.41, 5.74) is 1.49. The number of halogens is 2. The van der Waals surface area contributed by atoms with Crippen molar-refractivity contribution in [2.45, 2.75) is 13.8 Å². The van der Waals surface area contributed by atoms with E-state index in [0.717, 1.165) is 10.9 Å². The van der Waals surface area contributed by atoms with Crippen LogP contribution in [0.25, 0.3) is 10.2 Å². The lowest BCUT2D eigenvalue weighted by Crippen LogP contribution is -2.03. The molecule has 1 N–H and O–H groups in total. The van der Waals surface area contributed by atoms with Gasteiger partial charge < -0.3 is 10.1 Å². The van der Waals surface area contributed by atoms with Gasteiger partial charge in [0.25, 0.3) is 0 Å². The zero-order valence-corrected chi connectivity index (χ0v) is 15.2. The largest absolute Gasteiger partial charge is 0.462 e. The van der Waals surface area contributed by atoms with Gasteiger partial charge in [0.1, 0.15) is 21.9 Å². The van der Waals surface area contributed by atoms with Gasteiger partial charge in [-0.15, -0.1) is 11.3 Å². The minimum atomic E-state index is -0.352. The van der Waals surface area contributed by atoms with Gasteiger partial charge in [0, 0.05) is 15.7 Å². The molecular formula is C16H13Cl2N3O2S. The van der Waals surface area contributed by atoms with Gasteiger partial charge in [0.05, 0.1) is 12.0 Å². The minimum Gasteiger partial charge on any atom is -0.462 e. The first-order chi connectivity index (χ1) is 11.5. The Labute approximate surface area is 152 Å². The van der Waals surface area contributed by atoms with Crippen molar-refractivity contribution in [3.8, 4) is 0 Å². The van der Waals surface area contributed by atoms with Gasteiger partial charge in [-0.2, -0.15) is 0 Å². The Morgan fingerprint density at radius 3 is 2.62 bits per heavy atom. The summed E-state index contributed by atoms with van der Waals surface area (Å²) in [7, 11) is 0. The molecule has 0 amide bonds. The van der Waals surface area contributed by atoms with E-state index in [4.69, 9.17) is 27.9 Å². The molecule has 0 aliphatic carbocycles. The number of ether oxygens (including phenoxy) is 1.